The van der Waals surface area contributed by atoms with Crippen LogP contribution in [0.2, 0.25) is 0 Å². The van der Waals surface area contributed by atoms with E-state index in [1.807, 2.05) is 0 Å². The van der Waals surface area contributed by atoms with Crippen LogP contribution < -0.4 is 29.6 Å². The van der Waals surface area contributed by atoms with Crippen molar-refractivity contribution < 1.29 is 47.6 Å². The molecule has 1 N–H and O–H groups in total. The molecular formula is C19H39NaO4S. The summed E-state index contributed by atoms with van der Waals surface area (Å²) < 4.78 is 31.4. The summed E-state index contributed by atoms with van der Waals surface area (Å²) in [6, 6.07) is 0. The van der Waals surface area contributed by atoms with Crippen LogP contribution >= 0.6 is 0 Å². The Morgan fingerprint density at radius 2 is 1.08 bits per heavy atom. The van der Waals surface area contributed by atoms with Gasteiger partial charge in [0.2, 0.25) is 0 Å². The summed E-state index contributed by atoms with van der Waals surface area (Å²) in [5, 5.41) is 9.81. The molecule has 0 aromatic heterocycles. The van der Waals surface area contributed by atoms with E-state index in [9.17, 15) is 18.1 Å². The molecule has 0 amide bonds. The minimum Gasteiger partial charge on any atom is -0.748 e. The third kappa shape index (κ3) is 24.9. The van der Waals surface area contributed by atoms with Crippen LogP contribution in [-0.4, -0.2) is 29.9 Å². The van der Waals surface area contributed by atoms with E-state index >= 15 is 0 Å². The van der Waals surface area contributed by atoms with E-state index < -0.39 is 10.1 Å². The molecule has 0 bridgehead atoms. The number of rotatable bonds is 18. The van der Waals surface area contributed by atoms with Crippen molar-refractivity contribution in [2.24, 2.45) is 0 Å². The molecule has 1 unspecified atom stereocenters. The second kappa shape index (κ2) is 19.6. The molecule has 0 radical (unpaired) electrons. The molecule has 0 rings (SSSR count). The maximum atomic E-state index is 10.5. The summed E-state index contributed by atoms with van der Waals surface area (Å²) in [6.45, 7) is 2.25. The molecule has 0 heterocycles. The quantitative estimate of drug-likeness (QED) is 0.222. The van der Waals surface area contributed by atoms with Crippen LogP contribution in [0.3, 0.4) is 0 Å². The molecule has 0 aliphatic heterocycles. The Hall–Kier alpha value is 0.870. The minimum atomic E-state index is -4.09. The number of hydrogen-bond donors (Lipinski definition) is 1. The molecule has 0 saturated heterocycles. The summed E-state index contributed by atoms with van der Waals surface area (Å²) in [6.07, 6.45) is 17.7. The van der Waals surface area contributed by atoms with Gasteiger partial charge < -0.3 is 9.66 Å². The van der Waals surface area contributed by atoms with Crippen LogP contribution in [0.4, 0.5) is 0 Å². The Kier molecular flexibility index (Phi) is 22.0. The van der Waals surface area contributed by atoms with Crippen molar-refractivity contribution in [1.82, 2.24) is 0 Å². The van der Waals surface area contributed by atoms with E-state index in [0.29, 0.717) is 19.3 Å². The topological polar surface area (TPSA) is 77.4 Å². The van der Waals surface area contributed by atoms with Crippen LogP contribution in [-0.2, 0) is 10.1 Å². The molecule has 0 saturated carbocycles. The Labute approximate surface area is 178 Å². The first kappa shape index (κ1) is 28.1. The van der Waals surface area contributed by atoms with Gasteiger partial charge in [0.05, 0.1) is 16.2 Å². The van der Waals surface area contributed by atoms with Gasteiger partial charge in [-0.15, -0.1) is 0 Å². The number of aliphatic hydroxyl groups is 1. The predicted octanol–water partition coefficient (Wildman–Crippen LogP) is 2.16. The first-order valence-corrected chi connectivity index (χ1v) is 11.6. The van der Waals surface area contributed by atoms with Crippen molar-refractivity contribution in [3.63, 3.8) is 0 Å². The average Bonchev–Trinajstić information content (AvgIpc) is 2.52. The SMILES string of the molecule is CCCCCCCCCCCCCCC(O)CCCCS(=O)(=O)[O-].[Na+]. The molecule has 0 aliphatic rings. The molecule has 1 atom stereocenters. The molecule has 4 nitrogen and oxygen atoms in total. The van der Waals surface area contributed by atoms with E-state index in [1.165, 1.54) is 70.6 Å². The van der Waals surface area contributed by atoms with E-state index in [1.54, 1.807) is 0 Å². The Morgan fingerprint density at radius 1 is 0.720 bits per heavy atom. The molecule has 0 aromatic carbocycles. The Balaban J connectivity index is 0. The molecular weight excluding hydrogens is 347 g/mol. The van der Waals surface area contributed by atoms with Crippen molar-refractivity contribution in [2.45, 2.75) is 116 Å². The summed E-state index contributed by atoms with van der Waals surface area (Å²) in [5.41, 5.74) is 0. The van der Waals surface area contributed by atoms with Crippen LogP contribution in [0, 0.1) is 0 Å². The average molecular weight is 387 g/mol. The van der Waals surface area contributed by atoms with Gasteiger partial charge in [-0.1, -0.05) is 84.0 Å². The minimum absolute atomic E-state index is 0. The van der Waals surface area contributed by atoms with Gasteiger partial charge in [-0.05, 0) is 25.7 Å². The Bertz CT molecular complexity index is 360. The van der Waals surface area contributed by atoms with Crippen LogP contribution in [0.1, 0.15) is 110 Å². The van der Waals surface area contributed by atoms with Gasteiger partial charge >= 0.3 is 29.6 Å². The standard InChI is InChI=1S/C19H40O4S.Na/c1-2-3-4-5-6-7-8-9-10-11-12-13-16-19(20)17-14-15-18-24(21,22)23;/h19-20H,2-18H2,1H3,(H,21,22,23);/q;+1/p-1. The van der Waals surface area contributed by atoms with E-state index in [4.69, 9.17) is 0 Å². The van der Waals surface area contributed by atoms with Gasteiger partial charge in [0.1, 0.15) is 0 Å². The van der Waals surface area contributed by atoms with Gasteiger partial charge in [0, 0.05) is 5.75 Å². The molecule has 25 heavy (non-hydrogen) atoms. The second-order valence-electron chi connectivity index (χ2n) is 7.09. The van der Waals surface area contributed by atoms with Crippen molar-refractivity contribution in [3.05, 3.63) is 0 Å². The fourth-order valence-electron chi connectivity index (χ4n) is 3.02. The largest absolute Gasteiger partial charge is 1.00 e. The third-order valence-electron chi connectivity index (χ3n) is 4.57. The third-order valence-corrected chi connectivity index (χ3v) is 5.36. The van der Waals surface area contributed by atoms with E-state index in [0.717, 1.165) is 12.8 Å². The fourth-order valence-corrected chi connectivity index (χ4v) is 3.58. The second-order valence-corrected chi connectivity index (χ2v) is 8.61. The summed E-state index contributed by atoms with van der Waals surface area (Å²) in [7, 11) is -4.09. The molecule has 0 aliphatic carbocycles. The van der Waals surface area contributed by atoms with Gasteiger partial charge in [-0.3, -0.25) is 0 Å². The summed E-state index contributed by atoms with van der Waals surface area (Å²) >= 11 is 0. The zero-order chi connectivity index (χ0) is 18.1. The van der Waals surface area contributed by atoms with Gasteiger partial charge in [0.25, 0.3) is 0 Å². The molecule has 0 aromatic rings. The zero-order valence-corrected chi connectivity index (χ0v) is 19.5. The number of aliphatic hydroxyl groups excluding tert-OH is 1. The number of hydrogen-bond acceptors (Lipinski definition) is 4. The number of unbranched alkanes of at least 4 members (excludes halogenated alkanes) is 12. The van der Waals surface area contributed by atoms with Crippen molar-refractivity contribution in [2.75, 3.05) is 5.75 Å². The Morgan fingerprint density at radius 3 is 1.48 bits per heavy atom. The van der Waals surface area contributed by atoms with Gasteiger partial charge in [0.15, 0.2) is 0 Å². The molecule has 6 heteroatoms. The van der Waals surface area contributed by atoms with Crippen molar-refractivity contribution in [1.29, 1.82) is 0 Å². The fraction of sp³-hybridized carbons (Fsp3) is 1.00. The van der Waals surface area contributed by atoms with E-state index in [-0.39, 0.29) is 41.4 Å². The van der Waals surface area contributed by atoms with Gasteiger partial charge in [-0.2, -0.15) is 0 Å². The predicted molar refractivity (Wildman–Crippen MR) is 100 cm³/mol. The van der Waals surface area contributed by atoms with Crippen LogP contribution in [0.25, 0.3) is 0 Å². The van der Waals surface area contributed by atoms with Crippen molar-refractivity contribution in [3.8, 4) is 0 Å². The maximum absolute atomic E-state index is 10.5. The van der Waals surface area contributed by atoms with Crippen LogP contribution in [0.15, 0.2) is 0 Å². The summed E-state index contributed by atoms with van der Waals surface area (Å²) in [4.78, 5) is 0. The normalized spacial score (nSPS) is 12.8. The molecule has 0 fully saturated rings. The zero-order valence-electron chi connectivity index (χ0n) is 16.7. The summed E-state index contributed by atoms with van der Waals surface area (Å²) in [5.74, 6) is -0.307. The van der Waals surface area contributed by atoms with Crippen molar-refractivity contribution >= 4 is 10.1 Å². The monoisotopic (exact) mass is 386 g/mol. The van der Waals surface area contributed by atoms with Gasteiger partial charge in [-0.25, -0.2) is 8.42 Å². The first-order chi connectivity index (χ1) is 11.5. The first-order valence-electron chi connectivity index (χ1n) is 10.1. The van der Waals surface area contributed by atoms with Crippen LogP contribution in [0.5, 0.6) is 0 Å². The maximum Gasteiger partial charge on any atom is 1.00 e. The van der Waals surface area contributed by atoms with E-state index in [2.05, 4.69) is 6.92 Å². The molecule has 0 spiro atoms. The molecule has 146 valence electrons. The smallest absolute Gasteiger partial charge is 0.748 e.